The third-order valence-electron chi connectivity index (χ3n) is 4.00. The summed E-state index contributed by atoms with van der Waals surface area (Å²) in [5.74, 6) is 0. The van der Waals surface area contributed by atoms with Crippen LogP contribution in [-0.2, 0) is 20.2 Å². The quantitative estimate of drug-likeness (QED) is 0.308. The molecule has 4 nitrogen and oxygen atoms in total. The summed E-state index contributed by atoms with van der Waals surface area (Å²) in [7, 11) is 0. The Bertz CT molecular complexity index is 571. The fourth-order valence-corrected chi connectivity index (χ4v) is 6.52. The van der Waals surface area contributed by atoms with Crippen LogP contribution >= 0.6 is 18.1 Å². The monoisotopic (exact) mass is 383 g/mol. The molecule has 1 N–H and O–H groups in total. The molecule has 1 aliphatic rings. The molecule has 1 aromatic carbocycles. The van der Waals surface area contributed by atoms with Gasteiger partial charge in [0.05, 0.1) is 6.61 Å². The molecular formula is C19H30NO3PS. The lowest BCUT2D eigenvalue weighted by atomic mass is 10.1. The van der Waals surface area contributed by atoms with Gasteiger partial charge in [-0.2, -0.15) is 0 Å². The normalized spacial score (nSPS) is 20.6. The smallest absolute Gasteiger partial charge is 0.333 e. The van der Waals surface area contributed by atoms with E-state index in [4.69, 9.17) is 9.26 Å². The maximum atomic E-state index is 13.1. The first-order chi connectivity index (χ1) is 12.1. The summed E-state index contributed by atoms with van der Waals surface area (Å²) in [6, 6.07) is 8.30. The highest BCUT2D eigenvalue weighted by atomic mass is 32.7. The Morgan fingerprint density at radius 3 is 2.80 bits per heavy atom. The summed E-state index contributed by atoms with van der Waals surface area (Å²) in [5, 5.41) is 3.11. The first-order valence-electron chi connectivity index (χ1n) is 9.19. The van der Waals surface area contributed by atoms with Crippen LogP contribution in [0.15, 0.2) is 41.3 Å². The van der Waals surface area contributed by atoms with Gasteiger partial charge < -0.3 is 9.26 Å². The van der Waals surface area contributed by atoms with Crippen molar-refractivity contribution < 1.29 is 13.8 Å². The van der Waals surface area contributed by atoms with Gasteiger partial charge in [0.2, 0.25) is 0 Å². The lowest BCUT2D eigenvalue weighted by Gasteiger charge is -2.27. The highest BCUT2D eigenvalue weighted by molar-refractivity contribution is 8.56. The number of hydrogen-bond donors (Lipinski definition) is 1. The van der Waals surface area contributed by atoms with Gasteiger partial charge in [0.15, 0.2) is 0 Å². The number of benzene rings is 1. The molecule has 2 atom stereocenters. The fraction of sp³-hybridized carbons (Fsp3) is 0.579. The number of unbranched alkanes of at least 4 members (excludes halogenated alkanes) is 1. The number of hydrogen-bond acceptors (Lipinski definition) is 4. The van der Waals surface area contributed by atoms with Crippen LogP contribution in [0.25, 0.3) is 0 Å². The van der Waals surface area contributed by atoms with Crippen molar-refractivity contribution in [2.45, 2.75) is 63.5 Å². The van der Waals surface area contributed by atoms with Gasteiger partial charge >= 0.3 is 6.72 Å². The van der Waals surface area contributed by atoms with Crippen LogP contribution in [0.1, 0.15) is 51.5 Å². The van der Waals surface area contributed by atoms with E-state index in [0.717, 1.165) is 50.0 Å². The molecule has 0 saturated carbocycles. The van der Waals surface area contributed by atoms with Crippen LogP contribution in [0.5, 0.6) is 0 Å². The topological polar surface area (TPSA) is 47.6 Å². The van der Waals surface area contributed by atoms with Gasteiger partial charge in [0.25, 0.3) is 0 Å². The second kappa shape index (κ2) is 11.2. The molecule has 0 radical (unpaired) electrons. The molecule has 140 valence electrons. The van der Waals surface area contributed by atoms with Crippen LogP contribution in [0.2, 0.25) is 0 Å². The van der Waals surface area contributed by atoms with Crippen molar-refractivity contribution in [3.05, 3.63) is 42.0 Å². The number of allylic oxidation sites excluding steroid dienone is 2. The lowest BCUT2D eigenvalue weighted by molar-refractivity contribution is 0.00744. The molecule has 2 rings (SSSR count). The molecule has 6 heteroatoms. The number of ether oxygens (including phenoxy) is 1. The minimum absolute atomic E-state index is 0.176. The Kier molecular flexibility index (Phi) is 9.29. The summed E-state index contributed by atoms with van der Waals surface area (Å²) in [4.78, 5) is 0.956. The van der Waals surface area contributed by atoms with Crippen LogP contribution in [0.4, 0.5) is 0 Å². The van der Waals surface area contributed by atoms with Crippen molar-refractivity contribution in [1.82, 2.24) is 5.09 Å². The highest BCUT2D eigenvalue weighted by Gasteiger charge is 2.29. The van der Waals surface area contributed by atoms with Gasteiger partial charge in [-0.1, -0.05) is 24.3 Å². The first kappa shape index (κ1) is 20.7. The van der Waals surface area contributed by atoms with E-state index >= 15 is 0 Å². The third kappa shape index (κ3) is 7.67. The predicted octanol–water partition coefficient (Wildman–Crippen LogP) is 5.94. The Balaban J connectivity index is 1.92. The predicted molar refractivity (Wildman–Crippen MR) is 106 cm³/mol. The second-order valence-corrected chi connectivity index (χ2v) is 10.3. The molecule has 0 amide bonds. The SMILES string of the molecule is CC=CCCCc1ccc(SP(=O)(NC2CCCCO2)OCC)cc1. The van der Waals surface area contributed by atoms with E-state index in [2.05, 4.69) is 36.3 Å². The minimum Gasteiger partial charge on any atom is -0.363 e. The van der Waals surface area contributed by atoms with Crippen molar-refractivity contribution in [2.24, 2.45) is 0 Å². The summed E-state index contributed by atoms with van der Waals surface area (Å²) < 4.78 is 24.4. The second-order valence-electron chi connectivity index (χ2n) is 6.10. The lowest BCUT2D eigenvalue weighted by Crippen LogP contribution is -2.32. The van der Waals surface area contributed by atoms with Gasteiger partial charge in [-0.05, 0) is 81.5 Å². The number of rotatable bonds is 10. The molecule has 0 aliphatic carbocycles. The minimum atomic E-state index is -3.02. The average molecular weight is 383 g/mol. The molecular weight excluding hydrogens is 353 g/mol. The highest BCUT2D eigenvalue weighted by Crippen LogP contribution is 2.60. The number of nitrogens with one attached hydrogen (secondary N) is 1. The van der Waals surface area contributed by atoms with Gasteiger partial charge in [-0.3, -0.25) is 4.57 Å². The van der Waals surface area contributed by atoms with Gasteiger partial charge in [0.1, 0.15) is 6.23 Å². The summed E-state index contributed by atoms with van der Waals surface area (Å²) in [5.41, 5.74) is 1.31. The maximum Gasteiger partial charge on any atom is 0.333 e. The molecule has 1 aromatic rings. The summed E-state index contributed by atoms with van der Waals surface area (Å²) in [6.07, 6.45) is 10.5. The molecule has 1 aliphatic heterocycles. The van der Waals surface area contributed by atoms with Crippen LogP contribution in [-0.4, -0.2) is 19.4 Å². The Morgan fingerprint density at radius 2 is 2.16 bits per heavy atom. The standard InChI is InChI=1S/C19H30NO3PS/c1-3-5-6-7-10-17-12-14-18(15-13-17)25-24(21,23-4-2)20-19-11-8-9-16-22-19/h3,5,12-15,19H,4,6-11,16H2,1-2H3,(H,20,21). The Hall–Kier alpha value is -0.580. The van der Waals surface area contributed by atoms with Crippen LogP contribution in [0, 0.1) is 0 Å². The molecule has 1 heterocycles. The molecule has 25 heavy (non-hydrogen) atoms. The molecule has 0 spiro atoms. The van der Waals surface area contributed by atoms with E-state index in [1.54, 1.807) is 0 Å². The van der Waals surface area contributed by atoms with Crippen molar-refractivity contribution in [3.63, 3.8) is 0 Å². The Labute approximate surface area is 156 Å². The molecule has 0 bridgehead atoms. The molecule has 2 unspecified atom stereocenters. The zero-order valence-corrected chi connectivity index (χ0v) is 17.0. The average Bonchev–Trinajstić information content (AvgIpc) is 2.61. The number of aryl methyl sites for hydroxylation is 1. The van der Waals surface area contributed by atoms with E-state index in [-0.39, 0.29) is 6.23 Å². The van der Waals surface area contributed by atoms with Gasteiger partial charge in [0, 0.05) is 11.5 Å². The zero-order chi connectivity index (χ0) is 18.0. The molecule has 0 aromatic heterocycles. The third-order valence-corrected chi connectivity index (χ3v) is 7.91. The largest absolute Gasteiger partial charge is 0.363 e. The fourth-order valence-electron chi connectivity index (χ4n) is 2.73. The van der Waals surface area contributed by atoms with E-state index in [0.29, 0.717) is 6.61 Å². The maximum absolute atomic E-state index is 13.1. The van der Waals surface area contributed by atoms with Crippen molar-refractivity contribution >= 4 is 18.1 Å². The van der Waals surface area contributed by atoms with E-state index in [1.807, 2.05) is 19.1 Å². The van der Waals surface area contributed by atoms with E-state index in [9.17, 15) is 4.57 Å². The van der Waals surface area contributed by atoms with Crippen molar-refractivity contribution in [1.29, 1.82) is 0 Å². The van der Waals surface area contributed by atoms with E-state index in [1.165, 1.54) is 16.9 Å². The molecule has 1 fully saturated rings. The van der Waals surface area contributed by atoms with E-state index < -0.39 is 6.72 Å². The molecule has 1 saturated heterocycles. The van der Waals surface area contributed by atoms with Crippen LogP contribution in [0.3, 0.4) is 0 Å². The zero-order valence-electron chi connectivity index (χ0n) is 15.3. The summed E-state index contributed by atoms with van der Waals surface area (Å²) >= 11 is 1.28. The Morgan fingerprint density at radius 1 is 1.36 bits per heavy atom. The van der Waals surface area contributed by atoms with Crippen LogP contribution < -0.4 is 5.09 Å². The summed E-state index contributed by atoms with van der Waals surface area (Å²) in [6.45, 7) is 2.02. The van der Waals surface area contributed by atoms with Gasteiger partial charge in [-0.15, -0.1) is 0 Å². The van der Waals surface area contributed by atoms with Gasteiger partial charge in [-0.25, -0.2) is 5.09 Å². The van der Waals surface area contributed by atoms with Crippen molar-refractivity contribution in [3.8, 4) is 0 Å². The van der Waals surface area contributed by atoms with Crippen molar-refractivity contribution in [2.75, 3.05) is 13.2 Å². The first-order valence-corrected chi connectivity index (χ1v) is 12.2.